The molecule has 0 saturated carbocycles. The quantitative estimate of drug-likeness (QED) is 0.919. The molecule has 2 aromatic rings. The maximum absolute atomic E-state index is 12.2. The van der Waals surface area contributed by atoms with Crippen LogP contribution in [0.3, 0.4) is 0 Å². The average molecular weight is 299 g/mol. The Morgan fingerprint density at radius 2 is 1.67 bits per heavy atom. The van der Waals surface area contributed by atoms with E-state index in [1.165, 1.54) is 16.7 Å². The smallest absolute Gasteiger partial charge is 0.0436 e. The van der Waals surface area contributed by atoms with E-state index in [1.54, 1.807) is 0 Å². The van der Waals surface area contributed by atoms with Crippen molar-refractivity contribution >= 4 is 10.8 Å². The zero-order chi connectivity index (χ0) is 14.7. The highest BCUT2D eigenvalue weighted by atomic mass is 32.2. The van der Waals surface area contributed by atoms with E-state index in [4.69, 9.17) is 0 Å². The van der Waals surface area contributed by atoms with Gasteiger partial charge in [0.05, 0.1) is 0 Å². The molecule has 3 atom stereocenters. The van der Waals surface area contributed by atoms with Gasteiger partial charge in [0.1, 0.15) is 0 Å². The third-order valence-electron chi connectivity index (χ3n) is 4.14. The summed E-state index contributed by atoms with van der Waals surface area (Å²) in [6, 6.07) is 19.2. The van der Waals surface area contributed by atoms with E-state index in [-0.39, 0.29) is 6.04 Å². The van der Waals surface area contributed by atoms with E-state index in [2.05, 4.69) is 60.8 Å². The highest BCUT2D eigenvalue weighted by Crippen LogP contribution is 2.24. The molecule has 1 N–H and O–H groups in total. The van der Waals surface area contributed by atoms with E-state index in [9.17, 15) is 4.21 Å². The first-order valence-corrected chi connectivity index (χ1v) is 8.88. The highest BCUT2D eigenvalue weighted by Gasteiger charge is 2.22. The van der Waals surface area contributed by atoms with E-state index < -0.39 is 10.8 Å². The monoisotopic (exact) mass is 299 g/mol. The zero-order valence-corrected chi connectivity index (χ0v) is 13.1. The molecule has 0 radical (unpaired) electrons. The molecule has 1 heterocycles. The largest absolute Gasteiger partial charge is 0.309 e. The summed E-state index contributed by atoms with van der Waals surface area (Å²) in [6.45, 7) is 3.02. The van der Waals surface area contributed by atoms with Gasteiger partial charge in [-0.1, -0.05) is 61.5 Å². The van der Waals surface area contributed by atoms with Crippen molar-refractivity contribution in [2.75, 3.05) is 12.3 Å². The molecular weight excluding hydrogens is 278 g/mol. The van der Waals surface area contributed by atoms with Crippen LogP contribution in [0, 0.1) is 0 Å². The maximum Gasteiger partial charge on any atom is 0.0436 e. The molecule has 0 aliphatic carbocycles. The Morgan fingerprint density at radius 3 is 2.38 bits per heavy atom. The molecule has 0 amide bonds. The predicted octanol–water partition coefficient (Wildman–Crippen LogP) is 3.53. The normalized spacial score (nSPS) is 26.2. The van der Waals surface area contributed by atoms with Crippen molar-refractivity contribution in [2.45, 2.75) is 24.6 Å². The topological polar surface area (TPSA) is 29.1 Å². The molecule has 1 fully saturated rings. The molecular formula is C18H21NOS. The number of rotatable bonds is 2. The van der Waals surface area contributed by atoms with Crippen molar-refractivity contribution < 1.29 is 4.21 Å². The molecule has 0 aromatic heterocycles. The molecule has 3 unspecified atom stereocenters. The standard InChI is InChI=1S/C18H21NOS/c1-14-11-12-19-18(13-21(14)20)17-9-7-16(8-10-17)15-5-3-2-4-6-15/h2-10,14,18-19H,11-13H2,1H3. The van der Waals surface area contributed by atoms with Gasteiger partial charge in [0.2, 0.25) is 0 Å². The molecule has 1 aliphatic heterocycles. The van der Waals surface area contributed by atoms with Crippen LogP contribution in [0.15, 0.2) is 54.6 Å². The molecule has 2 aromatic carbocycles. The first-order chi connectivity index (χ1) is 10.2. The van der Waals surface area contributed by atoms with Gasteiger partial charge in [0.15, 0.2) is 0 Å². The molecule has 3 rings (SSSR count). The molecule has 1 aliphatic rings. The van der Waals surface area contributed by atoms with E-state index in [0.717, 1.165) is 13.0 Å². The van der Waals surface area contributed by atoms with Crippen molar-refractivity contribution in [1.29, 1.82) is 0 Å². The summed E-state index contributed by atoms with van der Waals surface area (Å²) in [5, 5.41) is 3.82. The summed E-state index contributed by atoms with van der Waals surface area (Å²) in [5.41, 5.74) is 3.69. The maximum atomic E-state index is 12.2. The van der Waals surface area contributed by atoms with Crippen LogP contribution in [0.4, 0.5) is 0 Å². The van der Waals surface area contributed by atoms with Crippen molar-refractivity contribution in [3.8, 4) is 11.1 Å². The van der Waals surface area contributed by atoms with Crippen LogP contribution in [0.5, 0.6) is 0 Å². The first kappa shape index (κ1) is 14.5. The fourth-order valence-corrected chi connectivity index (χ4v) is 4.08. The van der Waals surface area contributed by atoms with Crippen LogP contribution >= 0.6 is 0 Å². The van der Waals surface area contributed by atoms with Gasteiger partial charge in [-0.2, -0.15) is 0 Å². The second-order valence-corrected chi connectivity index (χ2v) is 7.54. The van der Waals surface area contributed by atoms with Crippen LogP contribution in [0.2, 0.25) is 0 Å². The molecule has 110 valence electrons. The van der Waals surface area contributed by atoms with Gasteiger partial charge < -0.3 is 5.32 Å². The summed E-state index contributed by atoms with van der Waals surface area (Å²) in [7, 11) is -0.737. The summed E-state index contributed by atoms with van der Waals surface area (Å²) < 4.78 is 12.2. The summed E-state index contributed by atoms with van der Waals surface area (Å²) in [5.74, 6) is 0.714. The minimum Gasteiger partial charge on any atom is -0.309 e. The Bertz CT molecular complexity index is 609. The fraction of sp³-hybridized carbons (Fsp3) is 0.333. The Morgan fingerprint density at radius 1 is 1.00 bits per heavy atom. The van der Waals surface area contributed by atoms with Crippen LogP contribution in [0.25, 0.3) is 11.1 Å². The van der Waals surface area contributed by atoms with Gasteiger partial charge in [-0.05, 0) is 29.7 Å². The number of nitrogens with one attached hydrogen (secondary N) is 1. The fourth-order valence-electron chi connectivity index (χ4n) is 2.73. The van der Waals surface area contributed by atoms with Crippen LogP contribution in [-0.4, -0.2) is 21.8 Å². The van der Waals surface area contributed by atoms with E-state index in [0.29, 0.717) is 11.0 Å². The molecule has 0 bridgehead atoms. The third-order valence-corrected chi connectivity index (χ3v) is 5.94. The summed E-state index contributed by atoms with van der Waals surface area (Å²) >= 11 is 0. The minimum absolute atomic E-state index is 0.209. The highest BCUT2D eigenvalue weighted by molar-refractivity contribution is 7.85. The lowest BCUT2D eigenvalue weighted by atomic mass is 10.0. The lowest BCUT2D eigenvalue weighted by Gasteiger charge is -2.16. The second-order valence-electron chi connectivity index (χ2n) is 5.64. The SMILES string of the molecule is CC1CCNC(c2ccc(-c3ccccc3)cc2)CS1=O. The van der Waals surface area contributed by atoms with Gasteiger partial charge >= 0.3 is 0 Å². The zero-order valence-electron chi connectivity index (χ0n) is 12.3. The Balaban J connectivity index is 1.79. The van der Waals surface area contributed by atoms with Crippen molar-refractivity contribution in [1.82, 2.24) is 5.32 Å². The average Bonchev–Trinajstić information content (AvgIpc) is 2.70. The van der Waals surface area contributed by atoms with E-state index >= 15 is 0 Å². The van der Waals surface area contributed by atoms with Gasteiger partial charge in [0, 0.05) is 27.8 Å². The lowest BCUT2D eigenvalue weighted by molar-refractivity contribution is 0.578. The Labute approximate surface area is 129 Å². The van der Waals surface area contributed by atoms with Gasteiger partial charge in [-0.25, -0.2) is 0 Å². The van der Waals surface area contributed by atoms with Crippen molar-refractivity contribution in [3.05, 3.63) is 60.2 Å². The van der Waals surface area contributed by atoms with Crippen molar-refractivity contribution in [2.24, 2.45) is 0 Å². The molecule has 1 saturated heterocycles. The van der Waals surface area contributed by atoms with Crippen LogP contribution < -0.4 is 5.32 Å². The molecule has 2 nitrogen and oxygen atoms in total. The van der Waals surface area contributed by atoms with Crippen molar-refractivity contribution in [3.63, 3.8) is 0 Å². The summed E-state index contributed by atoms with van der Waals surface area (Å²) in [4.78, 5) is 0. The first-order valence-electron chi connectivity index (χ1n) is 7.50. The Kier molecular flexibility index (Phi) is 4.51. The molecule has 0 spiro atoms. The third kappa shape index (κ3) is 3.42. The molecule has 21 heavy (non-hydrogen) atoms. The Hall–Kier alpha value is -1.45. The number of hydrogen-bond donors (Lipinski definition) is 1. The minimum atomic E-state index is -0.737. The van der Waals surface area contributed by atoms with Crippen LogP contribution in [0.1, 0.15) is 24.9 Å². The van der Waals surface area contributed by atoms with Gasteiger partial charge in [-0.15, -0.1) is 0 Å². The number of hydrogen-bond acceptors (Lipinski definition) is 2. The number of benzene rings is 2. The van der Waals surface area contributed by atoms with E-state index in [1.807, 2.05) is 6.07 Å². The lowest BCUT2D eigenvalue weighted by Crippen LogP contribution is -2.23. The summed E-state index contributed by atoms with van der Waals surface area (Å²) in [6.07, 6.45) is 0.991. The predicted molar refractivity (Wildman–Crippen MR) is 89.7 cm³/mol. The van der Waals surface area contributed by atoms with Gasteiger partial charge in [0.25, 0.3) is 0 Å². The second kappa shape index (κ2) is 6.54. The molecule has 3 heteroatoms. The van der Waals surface area contributed by atoms with Crippen LogP contribution in [-0.2, 0) is 10.8 Å². The van der Waals surface area contributed by atoms with Gasteiger partial charge in [-0.3, -0.25) is 4.21 Å².